The normalized spacial score (nSPS) is 17.7. The molecule has 1 aromatic carbocycles. The van der Waals surface area contributed by atoms with Crippen LogP contribution < -0.4 is 0 Å². The maximum Gasteiger partial charge on any atom is 0.276 e. The minimum absolute atomic E-state index is 0.000111. The van der Waals surface area contributed by atoms with Crippen LogP contribution in [0.3, 0.4) is 0 Å². The molecular formula is C18H23N3O3S. The first-order valence-corrected chi connectivity index (χ1v) is 9.39. The Bertz CT molecular complexity index is 701. The third kappa shape index (κ3) is 4.92. The van der Waals surface area contributed by atoms with Gasteiger partial charge in [0, 0.05) is 19.2 Å². The predicted octanol–water partition coefficient (Wildman–Crippen LogP) is 4.47. The van der Waals surface area contributed by atoms with E-state index in [1.807, 2.05) is 0 Å². The van der Waals surface area contributed by atoms with Crippen molar-refractivity contribution in [3.05, 3.63) is 44.8 Å². The molecule has 0 saturated carbocycles. The Kier molecular flexibility index (Phi) is 7.18. The van der Waals surface area contributed by atoms with Gasteiger partial charge in [-0.25, -0.2) is 0 Å². The first kappa shape index (κ1) is 19.2. The van der Waals surface area contributed by atoms with Crippen LogP contribution in [0.1, 0.15) is 45.1 Å². The Morgan fingerprint density at radius 2 is 1.96 bits per heavy atom. The fourth-order valence-corrected chi connectivity index (χ4v) is 3.41. The Balaban J connectivity index is 2.31. The summed E-state index contributed by atoms with van der Waals surface area (Å²) in [4.78, 5) is 30.2. The van der Waals surface area contributed by atoms with Crippen molar-refractivity contribution in [1.82, 2.24) is 4.90 Å². The molecule has 25 heavy (non-hydrogen) atoms. The number of unbranched alkanes of at least 4 members (excludes halogenated alkanes) is 2. The molecular weight excluding hydrogens is 338 g/mol. The second-order valence-corrected chi connectivity index (χ2v) is 6.76. The van der Waals surface area contributed by atoms with Crippen molar-refractivity contribution in [2.45, 2.75) is 39.5 Å². The maximum absolute atomic E-state index is 12.7. The lowest BCUT2D eigenvalue weighted by Gasteiger charge is -2.14. The summed E-state index contributed by atoms with van der Waals surface area (Å²) in [5.74, 6) is -0.119. The van der Waals surface area contributed by atoms with Gasteiger partial charge in [-0.05, 0) is 36.7 Å². The van der Waals surface area contributed by atoms with Crippen molar-refractivity contribution in [2.24, 2.45) is 4.99 Å². The molecule has 2 rings (SSSR count). The molecule has 0 atom stereocenters. The van der Waals surface area contributed by atoms with Crippen LogP contribution in [0.5, 0.6) is 0 Å². The fourth-order valence-electron chi connectivity index (χ4n) is 2.39. The molecule has 1 aliphatic rings. The van der Waals surface area contributed by atoms with Gasteiger partial charge < -0.3 is 0 Å². The first-order chi connectivity index (χ1) is 12.1. The zero-order valence-electron chi connectivity index (χ0n) is 14.6. The van der Waals surface area contributed by atoms with Crippen LogP contribution in [0.4, 0.5) is 5.69 Å². The Labute approximate surface area is 152 Å². The average molecular weight is 361 g/mol. The van der Waals surface area contributed by atoms with E-state index in [0.29, 0.717) is 28.7 Å². The number of amides is 1. The molecule has 1 aliphatic heterocycles. The van der Waals surface area contributed by atoms with E-state index in [1.54, 1.807) is 29.2 Å². The minimum atomic E-state index is -0.429. The molecule has 134 valence electrons. The summed E-state index contributed by atoms with van der Waals surface area (Å²) >= 11 is 1.31. The summed E-state index contributed by atoms with van der Waals surface area (Å²) in [5.41, 5.74) is 0.438. The highest BCUT2D eigenvalue weighted by atomic mass is 32.2. The van der Waals surface area contributed by atoms with Gasteiger partial charge in [0.05, 0.1) is 15.4 Å². The van der Waals surface area contributed by atoms with Crippen molar-refractivity contribution in [1.29, 1.82) is 0 Å². The van der Waals surface area contributed by atoms with E-state index in [-0.39, 0.29) is 11.6 Å². The predicted molar refractivity (Wildman–Crippen MR) is 102 cm³/mol. The Morgan fingerprint density at radius 1 is 1.24 bits per heavy atom. The van der Waals surface area contributed by atoms with Gasteiger partial charge in [-0.3, -0.25) is 24.8 Å². The zero-order chi connectivity index (χ0) is 18.2. The first-order valence-electron chi connectivity index (χ1n) is 8.57. The average Bonchev–Trinajstić information content (AvgIpc) is 2.89. The van der Waals surface area contributed by atoms with E-state index < -0.39 is 4.92 Å². The van der Waals surface area contributed by atoms with Crippen LogP contribution in [-0.2, 0) is 4.79 Å². The Morgan fingerprint density at radius 3 is 2.64 bits per heavy atom. The lowest BCUT2D eigenvalue weighted by atomic mass is 10.1. The zero-order valence-corrected chi connectivity index (χ0v) is 15.4. The number of carbonyl (C=O) groups excluding carboxylic acids is 1. The quantitative estimate of drug-likeness (QED) is 0.296. The van der Waals surface area contributed by atoms with Crippen molar-refractivity contribution < 1.29 is 9.72 Å². The van der Waals surface area contributed by atoms with Crippen LogP contribution in [0.2, 0.25) is 0 Å². The van der Waals surface area contributed by atoms with Crippen LogP contribution in [0.25, 0.3) is 6.08 Å². The Hall–Kier alpha value is -2.15. The van der Waals surface area contributed by atoms with E-state index in [0.717, 1.165) is 25.7 Å². The number of aliphatic imine (C=N–C) groups is 1. The molecule has 0 unspecified atom stereocenters. The van der Waals surface area contributed by atoms with Crippen molar-refractivity contribution in [2.75, 3.05) is 13.1 Å². The SMILES string of the molecule is CCCCN=C1S/C(=C\c2ccccc2[N+](=O)[O-])C(=O)N1CCCC. The third-order valence-corrected chi connectivity index (χ3v) is 4.85. The van der Waals surface area contributed by atoms with E-state index in [1.165, 1.54) is 17.8 Å². The van der Waals surface area contributed by atoms with Crippen molar-refractivity contribution in [3.8, 4) is 0 Å². The number of rotatable bonds is 8. The molecule has 1 amide bonds. The molecule has 0 N–H and O–H groups in total. The van der Waals surface area contributed by atoms with Crippen LogP contribution >= 0.6 is 11.8 Å². The van der Waals surface area contributed by atoms with Crippen molar-refractivity contribution >= 4 is 34.6 Å². The third-order valence-electron chi connectivity index (χ3n) is 3.80. The monoisotopic (exact) mass is 361 g/mol. The van der Waals surface area contributed by atoms with Crippen LogP contribution in [0.15, 0.2) is 34.2 Å². The maximum atomic E-state index is 12.7. The lowest BCUT2D eigenvalue weighted by Crippen LogP contribution is -2.30. The molecule has 1 saturated heterocycles. The number of carbonyl (C=O) groups is 1. The number of nitrogens with zero attached hydrogens (tertiary/aromatic N) is 3. The summed E-state index contributed by atoms with van der Waals surface area (Å²) in [7, 11) is 0. The van der Waals surface area contributed by atoms with E-state index >= 15 is 0 Å². The number of hydrogen-bond donors (Lipinski definition) is 0. The molecule has 0 bridgehead atoms. The highest BCUT2D eigenvalue weighted by Gasteiger charge is 2.33. The van der Waals surface area contributed by atoms with Gasteiger partial charge in [-0.1, -0.05) is 38.8 Å². The highest BCUT2D eigenvalue weighted by Crippen LogP contribution is 2.34. The number of hydrogen-bond acceptors (Lipinski definition) is 5. The van der Waals surface area contributed by atoms with Gasteiger partial charge in [0.1, 0.15) is 0 Å². The summed E-state index contributed by atoms with van der Waals surface area (Å²) in [6.07, 6.45) is 5.51. The fraction of sp³-hybridized carbons (Fsp3) is 0.444. The molecule has 1 fully saturated rings. The summed E-state index contributed by atoms with van der Waals surface area (Å²) < 4.78 is 0. The largest absolute Gasteiger partial charge is 0.287 e. The van der Waals surface area contributed by atoms with Crippen molar-refractivity contribution in [3.63, 3.8) is 0 Å². The topological polar surface area (TPSA) is 75.8 Å². The summed E-state index contributed by atoms with van der Waals surface area (Å²) in [6.45, 7) is 5.49. The molecule has 6 nitrogen and oxygen atoms in total. The van der Waals surface area contributed by atoms with E-state index in [4.69, 9.17) is 0 Å². The van der Waals surface area contributed by atoms with E-state index in [9.17, 15) is 14.9 Å². The van der Waals surface area contributed by atoms with Gasteiger partial charge in [-0.15, -0.1) is 0 Å². The molecule has 1 aromatic rings. The number of para-hydroxylation sites is 1. The minimum Gasteiger partial charge on any atom is -0.287 e. The molecule has 0 aliphatic carbocycles. The van der Waals surface area contributed by atoms with Gasteiger partial charge in [0.25, 0.3) is 11.6 Å². The highest BCUT2D eigenvalue weighted by molar-refractivity contribution is 8.18. The van der Waals surface area contributed by atoms with Gasteiger partial charge in [0.15, 0.2) is 5.17 Å². The molecule has 0 spiro atoms. The van der Waals surface area contributed by atoms with Gasteiger partial charge in [-0.2, -0.15) is 0 Å². The number of benzene rings is 1. The second kappa shape index (κ2) is 9.36. The molecule has 0 aromatic heterocycles. The van der Waals surface area contributed by atoms with Gasteiger partial charge in [0.2, 0.25) is 0 Å². The van der Waals surface area contributed by atoms with Gasteiger partial charge >= 0.3 is 0 Å². The second-order valence-electron chi connectivity index (χ2n) is 5.75. The lowest BCUT2D eigenvalue weighted by molar-refractivity contribution is -0.385. The van der Waals surface area contributed by atoms with Crippen LogP contribution in [-0.4, -0.2) is 34.0 Å². The van der Waals surface area contributed by atoms with E-state index in [2.05, 4.69) is 18.8 Å². The molecule has 0 radical (unpaired) electrons. The molecule has 7 heteroatoms. The number of nitro benzene ring substituents is 1. The summed E-state index contributed by atoms with van der Waals surface area (Å²) in [6, 6.07) is 6.45. The number of amidine groups is 1. The number of nitro groups is 1. The summed E-state index contributed by atoms with van der Waals surface area (Å²) in [5, 5.41) is 11.9. The van der Waals surface area contributed by atoms with Crippen LogP contribution in [0, 0.1) is 10.1 Å². The smallest absolute Gasteiger partial charge is 0.276 e. The molecule has 1 heterocycles. The standard InChI is InChI=1S/C18H23N3O3S/c1-3-5-11-19-18-20(12-6-4-2)17(22)16(25-18)13-14-9-7-8-10-15(14)21(23)24/h7-10,13H,3-6,11-12H2,1-2H3/b16-13-,19-18?. The number of thioether (sulfide) groups is 1.